The number of rotatable bonds is 3. The van der Waals surface area contributed by atoms with Gasteiger partial charge in [-0.25, -0.2) is 4.98 Å². The quantitative estimate of drug-likeness (QED) is 0.820. The second-order valence-electron chi connectivity index (χ2n) is 5.05. The topological polar surface area (TPSA) is 36.7 Å². The smallest absolute Gasteiger partial charge is 0.154 e. The van der Waals surface area contributed by atoms with Gasteiger partial charge in [0.05, 0.1) is 5.69 Å². The Morgan fingerprint density at radius 2 is 1.80 bits per heavy atom. The lowest BCUT2D eigenvalue weighted by molar-refractivity contribution is 0.886. The van der Waals surface area contributed by atoms with E-state index >= 15 is 0 Å². The van der Waals surface area contributed by atoms with Crippen LogP contribution in [0.1, 0.15) is 31.4 Å². The van der Waals surface area contributed by atoms with E-state index in [0.717, 1.165) is 16.2 Å². The van der Waals surface area contributed by atoms with Gasteiger partial charge in [-0.1, -0.05) is 43.2 Å². The lowest BCUT2D eigenvalue weighted by atomic mass is 10.1. The van der Waals surface area contributed by atoms with Crippen molar-refractivity contribution in [3.8, 4) is 17.3 Å². The first kappa shape index (κ1) is 13.2. The van der Waals surface area contributed by atoms with Gasteiger partial charge in [0.15, 0.2) is 5.69 Å². The van der Waals surface area contributed by atoms with Gasteiger partial charge in [-0.2, -0.15) is 5.26 Å². The molecule has 0 N–H and O–H groups in total. The Balaban J connectivity index is 1.88. The van der Waals surface area contributed by atoms with Gasteiger partial charge in [0.2, 0.25) is 0 Å². The van der Waals surface area contributed by atoms with E-state index in [1.165, 1.54) is 25.7 Å². The predicted molar refractivity (Wildman–Crippen MR) is 82.5 cm³/mol. The molecule has 0 aliphatic heterocycles. The number of nitrogens with zero attached hydrogens (tertiary/aromatic N) is 2. The zero-order valence-electron chi connectivity index (χ0n) is 11.2. The summed E-state index contributed by atoms with van der Waals surface area (Å²) in [4.78, 5) is 5.55. The molecular formula is C17H16N2S. The van der Waals surface area contributed by atoms with Crippen molar-refractivity contribution in [1.29, 1.82) is 5.26 Å². The van der Waals surface area contributed by atoms with Gasteiger partial charge in [0.1, 0.15) is 6.07 Å². The van der Waals surface area contributed by atoms with Crippen LogP contribution in [0.2, 0.25) is 0 Å². The molecule has 1 aromatic heterocycles. The van der Waals surface area contributed by atoms with Crippen LogP contribution in [0.4, 0.5) is 0 Å². The molecule has 3 rings (SSSR count). The Morgan fingerprint density at radius 1 is 1.05 bits per heavy atom. The van der Waals surface area contributed by atoms with Crippen molar-refractivity contribution in [2.75, 3.05) is 0 Å². The average molecular weight is 280 g/mol. The Hall–Kier alpha value is -1.79. The van der Waals surface area contributed by atoms with Gasteiger partial charge < -0.3 is 0 Å². The van der Waals surface area contributed by atoms with Crippen molar-refractivity contribution in [2.45, 2.75) is 35.8 Å². The fourth-order valence-corrected chi connectivity index (χ4v) is 3.85. The van der Waals surface area contributed by atoms with Crippen LogP contribution in [0.5, 0.6) is 0 Å². The summed E-state index contributed by atoms with van der Waals surface area (Å²) in [6, 6.07) is 16.3. The number of aromatic nitrogens is 1. The first-order chi connectivity index (χ1) is 9.86. The van der Waals surface area contributed by atoms with E-state index in [1.807, 2.05) is 48.2 Å². The highest BCUT2D eigenvalue weighted by Crippen LogP contribution is 2.36. The molecule has 100 valence electrons. The van der Waals surface area contributed by atoms with Crippen LogP contribution in [0.3, 0.4) is 0 Å². The largest absolute Gasteiger partial charge is 0.236 e. The minimum absolute atomic E-state index is 0.559. The summed E-state index contributed by atoms with van der Waals surface area (Å²) in [5.41, 5.74) is 2.49. The maximum atomic E-state index is 9.34. The summed E-state index contributed by atoms with van der Waals surface area (Å²) >= 11 is 1.82. The Bertz CT molecular complexity index is 625. The highest BCUT2D eigenvalue weighted by molar-refractivity contribution is 8.00. The van der Waals surface area contributed by atoms with Gasteiger partial charge in [-0.15, -0.1) is 11.8 Å². The molecule has 0 unspecified atom stereocenters. The Kier molecular flexibility index (Phi) is 4.03. The number of hydrogen-bond acceptors (Lipinski definition) is 3. The predicted octanol–water partition coefficient (Wildman–Crippen LogP) is 4.65. The molecule has 1 fully saturated rings. The number of pyridine rings is 1. The highest BCUT2D eigenvalue weighted by atomic mass is 32.2. The molecule has 0 spiro atoms. The van der Waals surface area contributed by atoms with Crippen LogP contribution in [0.15, 0.2) is 47.4 Å². The number of thioether (sulfide) groups is 1. The van der Waals surface area contributed by atoms with Gasteiger partial charge in [0, 0.05) is 15.7 Å². The summed E-state index contributed by atoms with van der Waals surface area (Å²) in [6.07, 6.45) is 5.15. The van der Waals surface area contributed by atoms with Crippen molar-refractivity contribution >= 4 is 11.8 Å². The van der Waals surface area contributed by atoms with Crippen molar-refractivity contribution in [3.63, 3.8) is 0 Å². The van der Waals surface area contributed by atoms with Crippen molar-refractivity contribution in [2.24, 2.45) is 0 Å². The van der Waals surface area contributed by atoms with Crippen LogP contribution >= 0.6 is 11.8 Å². The molecule has 1 aliphatic carbocycles. The molecule has 0 atom stereocenters. The fraction of sp³-hybridized carbons (Fsp3) is 0.294. The normalized spacial score (nSPS) is 15.2. The zero-order chi connectivity index (χ0) is 13.8. The Morgan fingerprint density at radius 3 is 2.50 bits per heavy atom. The second-order valence-corrected chi connectivity index (χ2v) is 6.39. The molecule has 0 radical (unpaired) electrons. The van der Waals surface area contributed by atoms with Crippen LogP contribution in [-0.2, 0) is 0 Å². The molecule has 2 nitrogen and oxygen atoms in total. The molecule has 1 heterocycles. The minimum Gasteiger partial charge on any atom is -0.236 e. The van der Waals surface area contributed by atoms with Crippen LogP contribution in [-0.4, -0.2) is 10.2 Å². The number of benzene rings is 1. The van der Waals surface area contributed by atoms with E-state index in [0.29, 0.717) is 10.9 Å². The summed E-state index contributed by atoms with van der Waals surface area (Å²) in [7, 11) is 0. The fourth-order valence-electron chi connectivity index (χ4n) is 2.58. The minimum atomic E-state index is 0.559. The lowest BCUT2D eigenvalue weighted by Gasteiger charge is -2.10. The third-order valence-electron chi connectivity index (χ3n) is 3.63. The molecule has 1 aromatic carbocycles. The van der Waals surface area contributed by atoms with Crippen molar-refractivity contribution < 1.29 is 0 Å². The standard InChI is InChI=1S/C17H16N2S/c18-12-16-17(20-14-8-4-5-9-14)11-10-15(19-16)13-6-2-1-3-7-13/h1-3,6-7,10-11,14H,4-5,8-9H2. The number of nitriles is 1. The van der Waals surface area contributed by atoms with E-state index < -0.39 is 0 Å². The molecule has 0 bridgehead atoms. The molecule has 0 saturated heterocycles. The average Bonchev–Trinajstić information content (AvgIpc) is 3.01. The third kappa shape index (κ3) is 2.86. The summed E-state index contributed by atoms with van der Waals surface area (Å²) in [5, 5.41) is 10.00. The second kappa shape index (κ2) is 6.11. The van der Waals surface area contributed by atoms with Gasteiger partial charge in [0.25, 0.3) is 0 Å². The maximum absolute atomic E-state index is 9.34. The van der Waals surface area contributed by atoms with Crippen LogP contribution in [0, 0.1) is 11.3 Å². The molecular weight excluding hydrogens is 264 g/mol. The van der Waals surface area contributed by atoms with Crippen molar-refractivity contribution in [1.82, 2.24) is 4.98 Å². The molecule has 2 aromatic rings. The van der Waals surface area contributed by atoms with Crippen LogP contribution in [0.25, 0.3) is 11.3 Å². The maximum Gasteiger partial charge on any atom is 0.154 e. The molecule has 3 heteroatoms. The van der Waals surface area contributed by atoms with E-state index in [-0.39, 0.29) is 0 Å². The van der Waals surface area contributed by atoms with Gasteiger partial charge in [-0.05, 0) is 25.0 Å². The third-order valence-corrected chi connectivity index (χ3v) is 5.02. The van der Waals surface area contributed by atoms with Gasteiger partial charge >= 0.3 is 0 Å². The monoisotopic (exact) mass is 280 g/mol. The summed E-state index contributed by atoms with van der Waals surface area (Å²) in [6.45, 7) is 0. The van der Waals surface area contributed by atoms with Crippen molar-refractivity contribution in [3.05, 3.63) is 48.2 Å². The van der Waals surface area contributed by atoms with Gasteiger partial charge in [-0.3, -0.25) is 0 Å². The van der Waals surface area contributed by atoms with E-state index in [2.05, 4.69) is 17.1 Å². The Labute approximate surface area is 123 Å². The molecule has 0 amide bonds. The summed E-state index contributed by atoms with van der Waals surface area (Å²) in [5.74, 6) is 0. The molecule has 1 aliphatic rings. The SMILES string of the molecule is N#Cc1nc(-c2ccccc2)ccc1SC1CCCC1. The van der Waals surface area contributed by atoms with E-state index in [1.54, 1.807) is 0 Å². The molecule has 20 heavy (non-hydrogen) atoms. The first-order valence-corrected chi connectivity index (χ1v) is 7.88. The highest BCUT2D eigenvalue weighted by Gasteiger charge is 2.18. The summed E-state index contributed by atoms with van der Waals surface area (Å²) < 4.78 is 0. The molecule has 1 saturated carbocycles. The van der Waals surface area contributed by atoms with Crippen LogP contribution < -0.4 is 0 Å². The number of hydrogen-bond donors (Lipinski definition) is 0. The first-order valence-electron chi connectivity index (χ1n) is 7.00. The van der Waals surface area contributed by atoms with E-state index in [9.17, 15) is 5.26 Å². The van der Waals surface area contributed by atoms with E-state index in [4.69, 9.17) is 0 Å². The lowest BCUT2D eigenvalue weighted by Crippen LogP contribution is -1.97. The zero-order valence-corrected chi connectivity index (χ0v) is 12.1.